The zero-order valence-electron chi connectivity index (χ0n) is 13.1. The van der Waals surface area contributed by atoms with Gasteiger partial charge in [0.15, 0.2) is 11.5 Å². The molecule has 1 N–H and O–H groups in total. The van der Waals surface area contributed by atoms with E-state index in [1.807, 2.05) is 13.0 Å². The molecular formula is C17H17ClN2O4. The Balaban J connectivity index is 1.74. The molecule has 1 fully saturated rings. The molecule has 0 saturated carbocycles. The third-order valence-electron chi connectivity index (χ3n) is 4.35. The third kappa shape index (κ3) is 3.28. The summed E-state index contributed by atoms with van der Waals surface area (Å²) >= 11 is 5.96. The summed E-state index contributed by atoms with van der Waals surface area (Å²) < 4.78 is 5.25. The average molecular weight is 349 g/mol. The van der Waals surface area contributed by atoms with E-state index in [1.54, 1.807) is 29.2 Å². The number of nitrogens with zero attached hydrogens (tertiary/aromatic N) is 2. The Hall–Kier alpha value is -2.34. The lowest BCUT2D eigenvalue weighted by Gasteiger charge is -2.34. The number of hydrogen-bond acceptors (Lipinski definition) is 4. The average Bonchev–Trinajstić information content (AvgIpc) is 3.03. The lowest BCUT2D eigenvalue weighted by Crippen LogP contribution is -2.45. The Morgan fingerprint density at radius 3 is 2.83 bits per heavy atom. The van der Waals surface area contributed by atoms with E-state index >= 15 is 0 Å². The number of amides is 1. The first-order valence-electron chi connectivity index (χ1n) is 7.70. The molecule has 0 spiro atoms. The van der Waals surface area contributed by atoms with Gasteiger partial charge in [-0.05, 0) is 24.5 Å². The third-order valence-corrected chi connectivity index (χ3v) is 4.58. The topological polar surface area (TPSA) is 83.6 Å². The molecule has 2 atom stereocenters. The van der Waals surface area contributed by atoms with Crippen LogP contribution in [-0.4, -0.2) is 40.1 Å². The standard InChI is InChI=1S/C17H17ClN2O4/c1-10-9-20(6-5-13(10)17(22)23)16(21)14-8-15(24-19-14)11-3-2-4-12(18)7-11/h2-4,7-8,10,13H,5-6,9H2,1H3,(H,22,23). The van der Waals surface area contributed by atoms with Crippen LogP contribution in [0.25, 0.3) is 11.3 Å². The van der Waals surface area contributed by atoms with Gasteiger partial charge in [-0.1, -0.05) is 35.8 Å². The van der Waals surface area contributed by atoms with Gasteiger partial charge in [-0.2, -0.15) is 0 Å². The van der Waals surface area contributed by atoms with Gasteiger partial charge in [0.2, 0.25) is 0 Å². The predicted molar refractivity (Wildman–Crippen MR) is 87.8 cm³/mol. The van der Waals surface area contributed by atoms with Crippen LogP contribution in [-0.2, 0) is 4.79 Å². The van der Waals surface area contributed by atoms with Gasteiger partial charge < -0.3 is 14.5 Å². The quantitative estimate of drug-likeness (QED) is 0.921. The summed E-state index contributed by atoms with van der Waals surface area (Å²) in [6.45, 7) is 2.65. The van der Waals surface area contributed by atoms with Gasteiger partial charge >= 0.3 is 5.97 Å². The number of piperidine rings is 1. The van der Waals surface area contributed by atoms with Crippen LogP contribution in [0.4, 0.5) is 0 Å². The number of halogens is 1. The highest BCUT2D eigenvalue weighted by Crippen LogP contribution is 2.27. The number of carboxylic acids is 1. The van der Waals surface area contributed by atoms with Crippen molar-refractivity contribution in [2.75, 3.05) is 13.1 Å². The molecule has 1 aliphatic heterocycles. The summed E-state index contributed by atoms with van der Waals surface area (Å²) in [6, 6.07) is 8.68. The Labute approximate surface area is 144 Å². The SMILES string of the molecule is CC1CN(C(=O)c2cc(-c3cccc(Cl)c3)on2)CCC1C(=O)O. The minimum absolute atomic E-state index is 0.0977. The van der Waals surface area contributed by atoms with Crippen LogP contribution >= 0.6 is 11.6 Å². The van der Waals surface area contributed by atoms with E-state index in [-0.39, 0.29) is 17.5 Å². The largest absolute Gasteiger partial charge is 0.481 e. The summed E-state index contributed by atoms with van der Waals surface area (Å²) in [6.07, 6.45) is 0.446. The van der Waals surface area contributed by atoms with E-state index in [2.05, 4.69) is 5.16 Å². The second kappa shape index (κ2) is 6.65. The van der Waals surface area contributed by atoms with Crippen molar-refractivity contribution in [2.45, 2.75) is 13.3 Å². The number of carbonyl (C=O) groups is 2. The zero-order chi connectivity index (χ0) is 17.3. The van der Waals surface area contributed by atoms with Gasteiger partial charge in [-0.3, -0.25) is 9.59 Å². The van der Waals surface area contributed by atoms with Gasteiger partial charge in [0.1, 0.15) is 0 Å². The zero-order valence-corrected chi connectivity index (χ0v) is 13.9. The highest BCUT2D eigenvalue weighted by Gasteiger charge is 2.34. The molecule has 6 nitrogen and oxygen atoms in total. The summed E-state index contributed by atoms with van der Waals surface area (Å²) in [7, 11) is 0. The Kier molecular flexibility index (Phi) is 4.57. The molecule has 0 radical (unpaired) electrons. The molecule has 3 rings (SSSR count). The van der Waals surface area contributed by atoms with Crippen molar-refractivity contribution >= 4 is 23.5 Å². The number of likely N-dealkylation sites (tertiary alicyclic amines) is 1. The molecule has 1 saturated heterocycles. The Morgan fingerprint density at radius 2 is 2.17 bits per heavy atom. The van der Waals surface area contributed by atoms with Gasteiger partial charge in [0, 0.05) is 29.7 Å². The van der Waals surface area contributed by atoms with E-state index in [9.17, 15) is 9.59 Å². The predicted octanol–water partition coefficient (Wildman–Crippen LogP) is 3.18. The molecule has 2 aromatic rings. The number of aliphatic carboxylic acids is 1. The maximum absolute atomic E-state index is 12.6. The lowest BCUT2D eigenvalue weighted by atomic mass is 9.87. The van der Waals surface area contributed by atoms with Crippen LogP contribution in [0.15, 0.2) is 34.9 Å². The normalized spacial score (nSPS) is 20.8. The molecule has 126 valence electrons. The number of carbonyl (C=O) groups excluding carboxylic acids is 1. The number of aromatic nitrogens is 1. The van der Waals surface area contributed by atoms with Crippen molar-refractivity contribution in [1.82, 2.24) is 10.1 Å². The smallest absolute Gasteiger partial charge is 0.306 e. The second-order valence-corrected chi connectivity index (χ2v) is 6.49. The van der Waals surface area contributed by atoms with Crippen molar-refractivity contribution < 1.29 is 19.2 Å². The van der Waals surface area contributed by atoms with Gasteiger partial charge in [-0.25, -0.2) is 0 Å². The van der Waals surface area contributed by atoms with Crippen LogP contribution < -0.4 is 0 Å². The minimum Gasteiger partial charge on any atom is -0.481 e. The van der Waals surface area contributed by atoms with Gasteiger partial charge in [0.25, 0.3) is 5.91 Å². The molecule has 2 heterocycles. The van der Waals surface area contributed by atoms with Crippen molar-refractivity contribution in [3.8, 4) is 11.3 Å². The van der Waals surface area contributed by atoms with E-state index in [1.165, 1.54) is 0 Å². The highest BCUT2D eigenvalue weighted by molar-refractivity contribution is 6.30. The van der Waals surface area contributed by atoms with Crippen LogP contribution in [0.2, 0.25) is 5.02 Å². The summed E-state index contributed by atoms with van der Waals surface area (Å²) in [5.41, 5.74) is 0.956. The van der Waals surface area contributed by atoms with Crippen LogP contribution in [0.1, 0.15) is 23.8 Å². The maximum Gasteiger partial charge on any atom is 0.306 e. The Bertz CT molecular complexity index is 773. The minimum atomic E-state index is -0.806. The van der Waals surface area contributed by atoms with Gasteiger partial charge in [0.05, 0.1) is 5.92 Å². The molecular weight excluding hydrogens is 332 g/mol. The first-order chi connectivity index (χ1) is 11.5. The summed E-state index contributed by atoms with van der Waals surface area (Å²) in [5.74, 6) is -1.09. The van der Waals surface area contributed by atoms with Crippen LogP contribution in [0, 0.1) is 11.8 Å². The van der Waals surface area contributed by atoms with E-state index in [4.69, 9.17) is 21.2 Å². The van der Waals surface area contributed by atoms with Gasteiger partial charge in [-0.15, -0.1) is 0 Å². The first kappa shape index (κ1) is 16.5. The fourth-order valence-corrected chi connectivity index (χ4v) is 3.20. The molecule has 1 aromatic heterocycles. The van der Waals surface area contributed by atoms with Crippen LogP contribution in [0.5, 0.6) is 0 Å². The van der Waals surface area contributed by atoms with Crippen LogP contribution in [0.3, 0.4) is 0 Å². The van der Waals surface area contributed by atoms with Crippen molar-refractivity contribution in [2.24, 2.45) is 11.8 Å². The fraction of sp³-hybridized carbons (Fsp3) is 0.353. The molecule has 1 aliphatic rings. The number of benzene rings is 1. The first-order valence-corrected chi connectivity index (χ1v) is 8.08. The molecule has 1 aromatic carbocycles. The highest BCUT2D eigenvalue weighted by atomic mass is 35.5. The van der Waals surface area contributed by atoms with Crippen molar-refractivity contribution in [3.63, 3.8) is 0 Å². The molecule has 24 heavy (non-hydrogen) atoms. The number of carboxylic acid groups (broad SMARTS) is 1. The molecule has 2 unspecified atom stereocenters. The van der Waals surface area contributed by atoms with Crippen molar-refractivity contribution in [3.05, 3.63) is 41.0 Å². The monoisotopic (exact) mass is 348 g/mol. The lowest BCUT2D eigenvalue weighted by molar-refractivity contribution is -0.145. The fourth-order valence-electron chi connectivity index (χ4n) is 3.01. The molecule has 1 amide bonds. The molecule has 7 heteroatoms. The van der Waals surface area contributed by atoms with Crippen molar-refractivity contribution in [1.29, 1.82) is 0 Å². The second-order valence-electron chi connectivity index (χ2n) is 6.05. The maximum atomic E-state index is 12.6. The number of rotatable bonds is 3. The Morgan fingerprint density at radius 1 is 1.38 bits per heavy atom. The number of hydrogen-bond donors (Lipinski definition) is 1. The van der Waals surface area contributed by atoms with E-state index < -0.39 is 11.9 Å². The molecule has 0 bridgehead atoms. The summed E-state index contributed by atoms with van der Waals surface area (Å²) in [5, 5.41) is 13.6. The molecule has 0 aliphatic carbocycles. The van der Waals surface area contributed by atoms with E-state index in [0.717, 1.165) is 5.56 Å². The summed E-state index contributed by atoms with van der Waals surface area (Å²) in [4.78, 5) is 25.3. The van der Waals surface area contributed by atoms with E-state index in [0.29, 0.717) is 30.3 Å².